The van der Waals surface area contributed by atoms with Crippen molar-refractivity contribution in [2.24, 2.45) is 0 Å². The summed E-state index contributed by atoms with van der Waals surface area (Å²) in [6.45, 7) is 24.4. The highest BCUT2D eigenvalue weighted by Gasteiger charge is 1.64. The molecule has 0 spiro atoms. The van der Waals surface area contributed by atoms with Gasteiger partial charge in [0.15, 0.2) is 0 Å². The van der Waals surface area contributed by atoms with Gasteiger partial charge in [-0.3, -0.25) is 0 Å². The van der Waals surface area contributed by atoms with Crippen molar-refractivity contribution in [3.05, 3.63) is 0 Å². The molecule has 0 rings (SSSR count). The molecule has 0 saturated heterocycles. The van der Waals surface area contributed by atoms with E-state index in [0.29, 0.717) is 0 Å². The van der Waals surface area contributed by atoms with Crippen molar-refractivity contribution < 1.29 is 9.47 Å². The SMILES string of the molecule is CCCC.CCCC.CCCC.CCOCC.CCOCC. The van der Waals surface area contributed by atoms with Gasteiger partial charge < -0.3 is 9.47 Å². The summed E-state index contributed by atoms with van der Waals surface area (Å²) in [4.78, 5) is 0. The van der Waals surface area contributed by atoms with Crippen LogP contribution >= 0.6 is 0 Å². The molecule has 0 N–H and O–H groups in total. The highest BCUT2D eigenvalue weighted by Crippen LogP contribution is 1.77. The fraction of sp³-hybridized carbons (Fsp3) is 1.00. The van der Waals surface area contributed by atoms with Crippen molar-refractivity contribution >= 4 is 0 Å². The standard InChI is InChI=1S/2C4H10O.3C4H10/c2*1-3-5-4-2;3*1-3-4-2/h2*3-4H2,1-2H3;3*3-4H2,1-2H3. The van der Waals surface area contributed by atoms with Crippen LogP contribution in [0.5, 0.6) is 0 Å². The topological polar surface area (TPSA) is 18.5 Å². The molecule has 0 unspecified atom stereocenters. The van der Waals surface area contributed by atoms with Gasteiger partial charge in [-0.2, -0.15) is 0 Å². The summed E-state index contributed by atoms with van der Waals surface area (Å²) < 4.78 is 9.67. The van der Waals surface area contributed by atoms with Gasteiger partial charge in [0, 0.05) is 26.4 Å². The van der Waals surface area contributed by atoms with Gasteiger partial charge in [-0.25, -0.2) is 0 Å². The molecular weight excluding hydrogens is 272 g/mol. The predicted octanol–water partition coefficient (Wildman–Crippen LogP) is 7.50. The first-order valence-electron chi connectivity index (χ1n) is 9.73. The second kappa shape index (κ2) is 58.4. The van der Waals surface area contributed by atoms with Gasteiger partial charge in [0.05, 0.1) is 0 Å². The summed E-state index contributed by atoms with van der Waals surface area (Å²) in [5.74, 6) is 0. The summed E-state index contributed by atoms with van der Waals surface area (Å²) in [5.41, 5.74) is 0. The Morgan fingerprint density at radius 1 is 0.318 bits per heavy atom. The minimum atomic E-state index is 0.844. The molecular formula is C20H50O2. The zero-order valence-electron chi connectivity index (χ0n) is 17.9. The molecule has 142 valence electrons. The monoisotopic (exact) mass is 322 g/mol. The van der Waals surface area contributed by atoms with Gasteiger partial charge >= 0.3 is 0 Å². The minimum absolute atomic E-state index is 0.844. The first-order chi connectivity index (χ1) is 10.6. The quantitative estimate of drug-likeness (QED) is 0.483. The van der Waals surface area contributed by atoms with Gasteiger partial charge in [0.2, 0.25) is 0 Å². The summed E-state index contributed by atoms with van der Waals surface area (Å²) in [6, 6.07) is 0. The van der Waals surface area contributed by atoms with Gasteiger partial charge in [-0.15, -0.1) is 0 Å². The first-order valence-corrected chi connectivity index (χ1v) is 9.73. The van der Waals surface area contributed by atoms with Crippen LogP contribution in [0.1, 0.15) is 108 Å². The van der Waals surface area contributed by atoms with Crippen LogP contribution in [0, 0.1) is 0 Å². The predicted molar refractivity (Wildman–Crippen MR) is 106 cm³/mol. The average Bonchev–Trinajstić information content (AvgIpc) is 2.57. The van der Waals surface area contributed by atoms with Gasteiger partial charge in [0.1, 0.15) is 0 Å². The molecule has 0 amide bonds. The van der Waals surface area contributed by atoms with Crippen LogP contribution in [-0.4, -0.2) is 26.4 Å². The highest BCUT2D eigenvalue weighted by molar-refractivity contribution is 4.13. The van der Waals surface area contributed by atoms with Crippen molar-refractivity contribution in [2.45, 2.75) is 108 Å². The van der Waals surface area contributed by atoms with E-state index in [1.54, 1.807) is 0 Å². The molecule has 0 atom stereocenters. The van der Waals surface area contributed by atoms with E-state index >= 15 is 0 Å². The molecule has 0 aliphatic rings. The summed E-state index contributed by atoms with van der Waals surface area (Å²) in [6.07, 6.45) is 7.92. The Balaban J connectivity index is -0.0000000550. The molecule has 0 aromatic heterocycles. The Labute approximate surface area is 144 Å². The van der Waals surface area contributed by atoms with E-state index in [9.17, 15) is 0 Å². The molecule has 0 aromatic carbocycles. The molecule has 0 fully saturated rings. The molecule has 0 saturated carbocycles. The van der Waals surface area contributed by atoms with Gasteiger partial charge in [-0.1, -0.05) is 80.1 Å². The maximum atomic E-state index is 4.83. The molecule has 0 aliphatic carbocycles. The lowest BCUT2D eigenvalue weighted by molar-refractivity contribution is 0.162. The lowest BCUT2D eigenvalue weighted by atomic mass is 10.4. The lowest BCUT2D eigenvalue weighted by Gasteiger charge is -1.86. The number of hydrogen-bond acceptors (Lipinski definition) is 2. The van der Waals surface area contributed by atoms with E-state index in [0.717, 1.165) is 26.4 Å². The van der Waals surface area contributed by atoms with Crippen LogP contribution in [0.3, 0.4) is 0 Å². The summed E-state index contributed by atoms with van der Waals surface area (Å²) in [7, 11) is 0. The summed E-state index contributed by atoms with van der Waals surface area (Å²) in [5, 5.41) is 0. The van der Waals surface area contributed by atoms with Gasteiger partial charge in [0.25, 0.3) is 0 Å². The second-order valence-electron chi connectivity index (χ2n) is 4.56. The Kier molecular flexibility index (Phi) is 89.0. The van der Waals surface area contributed by atoms with Gasteiger partial charge in [-0.05, 0) is 27.7 Å². The maximum absolute atomic E-state index is 4.83. The van der Waals surface area contributed by atoms with Crippen LogP contribution in [0.2, 0.25) is 0 Å². The summed E-state index contributed by atoms with van der Waals surface area (Å²) >= 11 is 0. The number of unbranched alkanes of at least 4 members (excludes halogenated alkanes) is 3. The molecule has 0 aromatic rings. The van der Waals surface area contributed by atoms with Crippen molar-refractivity contribution in [2.75, 3.05) is 26.4 Å². The van der Waals surface area contributed by atoms with Crippen LogP contribution < -0.4 is 0 Å². The molecule has 0 radical (unpaired) electrons. The Bertz CT molecular complexity index is 70.2. The maximum Gasteiger partial charge on any atom is 0.0437 e. The van der Waals surface area contributed by atoms with E-state index in [-0.39, 0.29) is 0 Å². The fourth-order valence-corrected chi connectivity index (χ4v) is 0.408. The smallest absolute Gasteiger partial charge is 0.0437 e. The molecule has 22 heavy (non-hydrogen) atoms. The largest absolute Gasteiger partial charge is 0.382 e. The Morgan fingerprint density at radius 3 is 0.455 bits per heavy atom. The fourth-order valence-electron chi connectivity index (χ4n) is 0.408. The number of ether oxygens (including phenoxy) is 2. The van der Waals surface area contributed by atoms with E-state index in [1.807, 2.05) is 27.7 Å². The van der Waals surface area contributed by atoms with Crippen molar-refractivity contribution in [3.63, 3.8) is 0 Å². The van der Waals surface area contributed by atoms with Crippen molar-refractivity contribution in [1.29, 1.82) is 0 Å². The van der Waals surface area contributed by atoms with E-state index in [4.69, 9.17) is 9.47 Å². The molecule has 2 heteroatoms. The minimum Gasteiger partial charge on any atom is -0.382 e. The third-order valence-electron chi connectivity index (χ3n) is 2.32. The average molecular weight is 323 g/mol. The van der Waals surface area contributed by atoms with Crippen LogP contribution in [0.25, 0.3) is 0 Å². The Hall–Kier alpha value is -0.0800. The molecule has 0 bridgehead atoms. The molecule has 0 heterocycles. The zero-order valence-corrected chi connectivity index (χ0v) is 17.9. The first kappa shape index (κ1) is 33.5. The van der Waals surface area contributed by atoms with E-state index in [2.05, 4.69) is 41.5 Å². The van der Waals surface area contributed by atoms with Crippen LogP contribution in [-0.2, 0) is 9.47 Å². The third kappa shape index (κ3) is 149. The van der Waals surface area contributed by atoms with Crippen LogP contribution in [0.15, 0.2) is 0 Å². The highest BCUT2D eigenvalue weighted by atomic mass is 16.5. The van der Waals surface area contributed by atoms with Crippen LogP contribution in [0.4, 0.5) is 0 Å². The van der Waals surface area contributed by atoms with Crippen molar-refractivity contribution in [3.8, 4) is 0 Å². The second-order valence-corrected chi connectivity index (χ2v) is 4.56. The Morgan fingerprint density at radius 2 is 0.455 bits per heavy atom. The number of rotatable bonds is 7. The molecule has 0 aliphatic heterocycles. The van der Waals surface area contributed by atoms with Crippen molar-refractivity contribution in [1.82, 2.24) is 0 Å². The zero-order chi connectivity index (χ0) is 18.5. The molecule has 2 nitrogen and oxygen atoms in total. The normalized spacial score (nSPS) is 7.91. The number of hydrogen-bond donors (Lipinski definition) is 0. The van der Waals surface area contributed by atoms with E-state index < -0.39 is 0 Å². The lowest BCUT2D eigenvalue weighted by Crippen LogP contribution is -1.84. The van der Waals surface area contributed by atoms with E-state index in [1.165, 1.54) is 38.5 Å². The third-order valence-corrected chi connectivity index (χ3v) is 2.32.